The summed E-state index contributed by atoms with van der Waals surface area (Å²) in [6, 6.07) is 2.06. The Morgan fingerprint density at radius 2 is 2.11 bits per heavy atom. The number of amides is 1. The van der Waals surface area contributed by atoms with Crippen molar-refractivity contribution in [3.8, 4) is 6.07 Å². The second-order valence-corrected chi connectivity index (χ2v) is 5.25. The van der Waals surface area contributed by atoms with Crippen molar-refractivity contribution in [2.75, 3.05) is 13.1 Å². The molecule has 0 unspecified atom stereocenters. The third-order valence-corrected chi connectivity index (χ3v) is 2.61. The Balaban J connectivity index is 2.82. The van der Waals surface area contributed by atoms with Crippen LogP contribution in [-0.4, -0.2) is 39.1 Å². The molecule has 19 heavy (non-hydrogen) atoms. The van der Waals surface area contributed by atoms with Crippen LogP contribution in [0.4, 0.5) is 0 Å². The first-order chi connectivity index (χ1) is 8.95. The highest BCUT2D eigenvalue weighted by Gasteiger charge is 2.21. The van der Waals surface area contributed by atoms with E-state index in [4.69, 9.17) is 5.26 Å². The van der Waals surface area contributed by atoms with Crippen LogP contribution in [0.1, 0.15) is 56.5 Å². The summed E-state index contributed by atoms with van der Waals surface area (Å²) in [4.78, 5) is 18.1. The number of hydrogen-bond acceptors (Lipinski definition) is 4. The van der Waals surface area contributed by atoms with Gasteiger partial charge in [0.2, 0.25) is 5.82 Å². The Bertz CT molecular complexity index is 458. The number of rotatable bonds is 6. The van der Waals surface area contributed by atoms with Crippen molar-refractivity contribution in [1.82, 2.24) is 20.1 Å². The quantitative estimate of drug-likeness (QED) is 0.849. The zero-order chi connectivity index (χ0) is 14.4. The van der Waals surface area contributed by atoms with Crippen LogP contribution < -0.4 is 0 Å². The molecule has 0 bridgehead atoms. The lowest BCUT2D eigenvalue weighted by atomic mass is 10.2. The molecule has 1 amide bonds. The van der Waals surface area contributed by atoms with Crippen molar-refractivity contribution in [3.63, 3.8) is 0 Å². The van der Waals surface area contributed by atoms with Gasteiger partial charge in [-0.3, -0.25) is 9.89 Å². The van der Waals surface area contributed by atoms with Gasteiger partial charge in [-0.1, -0.05) is 27.7 Å². The lowest BCUT2D eigenvalue weighted by Gasteiger charge is -2.22. The Morgan fingerprint density at radius 3 is 2.58 bits per heavy atom. The predicted octanol–water partition coefficient (Wildman–Crippen LogP) is 1.94. The van der Waals surface area contributed by atoms with Gasteiger partial charge in [-0.25, -0.2) is 4.98 Å². The molecule has 1 aromatic rings. The number of carbonyl (C=O) groups is 1. The van der Waals surface area contributed by atoms with Gasteiger partial charge in [0.05, 0.1) is 12.5 Å². The minimum atomic E-state index is -0.216. The first kappa shape index (κ1) is 15.2. The number of hydrogen-bond donors (Lipinski definition) is 1. The third-order valence-electron chi connectivity index (χ3n) is 2.61. The van der Waals surface area contributed by atoms with E-state index in [1.54, 1.807) is 4.90 Å². The summed E-state index contributed by atoms with van der Waals surface area (Å²) in [6.45, 7) is 9.05. The largest absolute Gasteiger partial charge is 0.335 e. The second-order valence-electron chi connectivity index (χ2n) is 5.25. The van der Waals surface area contributed by atoms with Gasteiger partial charge in [0.25, 0.3) is 5.91 Å². The molecule has 0 aliphatic rings. The Kier molecular flexibility index (Phi) is 5.49. The molecule has 1 aromatic heterocycles. The number of H-pyrrole nitrogens is 1. The van der Waals surface area contributed by atoms with E-state index in [2.05, 4.69) is 21.3 Å². The fraction of sp³-hybridized carbons (Fsp3) is 0.692. The maximum Gasteiger partial charge on any atom is 0.293 e. The summed E-state index contributed by atoms with van der Waals surface area (Å²) in [5.74, 6) is 1.21. The monoisotopic (exact) mass is 263 g/mol. The van der Waals surface area contributed by atoms with Gasteiger partial charge in [-0.2, -0.15) is 5.26 Å². The van der Waals surface area contributed by atoms with Crippen LogP contribution in [0, 0.1) is 17.2 Å². The normalized spacial score (nSPS) is 10.8. The zero-order valence-electron chi connectivity index (χ0n) is 12.0. The first-order valence-electron chi connectivity index (χ1n) is 6.54. The van der Waals surface area contributed by atoms with E-state index in [1.165, 1.54) is 0 Å². The standard InChI is InChI=1S/C13H21N5O/c1-9(2)8-18(7-5-6-14)13(19)12-15-11(10(3)4)16-17-12/h9-10H,5,7-8H2,1-4H3,(H,15,16,17). The molecule has 0 fully saturated rings. The molecule has 0 atom stereocenters. The van der Waals surface area contributed by atoms with Gasteiger partial charge in [-0.15, -0.1) is 5.10 Å². The molecule has 0 aliphatic carbocycles. The van der Waals surface area contributed by atoms with Gasteiger partial charge >= 0.3 is 0 Å². The van der Waals surface area contributed by atoms with Gasteiger partial charge in [0, 0.05) is 19.0 Å². The first-order valence-corrected chi connectivity index (χ1v) is 6.54. The SMILES string of the molecule is CC(C)CN(CCC#N)C(=O)c1n[nH]c(C(C)C)n1. The molecule has 104 valence electrons. The highest BCUT2D eigenvalue weighted by atomic mass is 16.2. The molecule has 1 heterocycles. The van der Waals surface area contributed by atoms with E-state index in [9.17, 15) is 4.79 Å². The van der Waals surface area contributed by atoms with Crippen LogP contribution >= 0.6 is 0 Å². The maximum atomic E-state index is 12.3. The van der Waals surface area contributed by atoms with Gasteiger partial charge in [0.15, 0.2) is 0 Å². The zero-order valence-corrected chi connectivity index (χ0v) is 12.0. The van der Waals surface area contributed by atoms with E-state index in [1.807, 2.05) is 27.7 Å². The maximum absolute atomic E-state index is 12.3. The Hall–Kier alpha value is -1.90. The molecular formula is C13H21N5O. The smallest absolute Gasteiger partial charge is 0.293 e. The number of nitrogens with one attached hydrogen (secondary N) is 1. The average molecular weight is 263 g/mol. The Labute approximate surface area is 113 Å². The summed E-state index contributed by atoms with van der Waals surface area (Å²) in [5, 5.41) is 15.4. The van der Waals surface area contributed by atoms with Gasteiger partial charge in [0.1, 0.15) is 5.82 Å². The van der Waals surface area contributed by atoms with E-state index >= 15 is 0 Å². The van der Waals surface area contributed by atoms with Crippen LogP contribution in [0.25, 0.3) is 0 Å². The minimum Gasteiger partial charge on any atom is -0.335 e. The van der Waals surface area contributed by atoms with Crippen LogP contribution in [0.15, 0.2) is 0 Å². The van der Waals surface area contributed by atoms with Crippen LogP contribution in [0.2, 0.25) is 0 Å². The molecule has 0 saturated carbocycles. The Morgan fingerprint density at radius 1 is 1.42 bits per heavy atom. The van der Waals surface area contributed by atoms with Crippen molar-refractivity contribution in [3.05, 3.63) is 11.6 Å². The van der Waals surface area contributed by atoms with Crippen LogP contribution in [-0.2, 0) is 0 Å². The number of carbonyl (C=O) groups excluding carboxylic acids is 1. The van der Waals surface area contributed by atoms with Crippen molar-refractivity contribution >= 4 is 5.91 Å². The lowest BCUT2D eigenvalue weighted by Crippen LogP contribution is -2.35. The van der Waals surface area contributed by atoms with E-state index in [0.717, 1.165) is 0 Å². The minimum absolute atomic E-state index is 0.183. The summed E-state index contributed by atoms with van der Waals surface area (Å²) in [5.41, 5.74) is 0. The molecule has 0 saturated heterocycles. The molecule has 1 N–H and O–H groups in total. The molecule has 6 heteroatoms. The molecule has 0 aromatic carbocycles. The third kappa shape index (κ3) is 4.36. The van der Waals surface area contributed by atoms with E-state index in [-0.39, 0.29) is 17.6 Å². The fourth-order valence-electron chi connectivity index (χ4n) is 1.67. The molecule has 0 radical (unpaired) electrons. The molecule has 6 nitrogen and oxygen atoms in total. The van der Waals surface area contributed by atoms with E-state index < -0.39 is 0 Å². The summed E-state index contributed by atoms with van der Waals surface area (Å²) >= 11 is 0. The van der Waals surface area contributed by atoms with Gasteiger partial charge in [-0.05, 0) is 5.92 Å². The lowest BCUT2D eigenvalue weighted by molar-refractivity contribution is 0.0728. The van der Waals surface area contributed by atoms with Gasteiger partial charge < -0.3 is 4.90 Å². The highest BCUT2D eigenvalue weighted by molar-refractivity contribution is 5.90. The van der Waals surface area contributed by atoms with E-state index in [0.29, 0.717) is 31.3 Å². The number of aromatic amines is 1. The predicted molar refractivity (Wildman–Crippen MR) is 71.4 cm³/mol. The number of aromatic nitrogens is 3. The fourth-order valence-corrected chi connectivity index (χ4v) is 1.67. The van der Waals surface area contributed by atoms with Crippen molar-refractivity contribution in [2.24, 2.45) is 5.92 Å². The van der Waals surface area contributed by atoms with Crippen molar-refractivity contribution < 1.29 is 4.79 Å². The second kappa shape index (κ2) is 6.88. The average Bonchev–Trinajstić information content (AvgIpc) is 2.82. The molecule has 0 aliphatic heterocycles. The molecule has 1 rings (SSSR count). The highest BCUT2D eigenvalue weighted by Crippen LogP contribution is 2.10. The van der Waals surface area contributed by atoms with Crippen molar-refractivity contribution in [2.45, 2.75) is 40.0 Å². The molecule has 0 spiro atoms. The molecular weight excluding hydrogens is 242 g/mol. The number of nitrogens with zero attached hydrogens (tertiary/aromatic N) is 4. The topological polar surface area (TPSA) is 85.7 Å². The number of nitriles is 1. The summed E-state index contributed by atoms with van der Waals surface area (Å²) in [6.07, 6.45) is 0.319. The summed E-state index contributed by atoms with van der Waals surface area (Å²) in [7, 11) is 0. The van der Waals surface area contributed by atoms with Crippen LogP contribution in [0.5, 0.6) is 0 Å². The van der Waals surface area contributed by atoms with Crippen molar-refractivity contribution in [1.29, 1.82) is 5.26 Å². The summed E-state index contributed by atoms with van der Waals surface area (Å²) < 4.78 is 0. The van der Waals surface area contributed by atoms with Crippen LogP contribution in [0.3, 0.4) is 0 Å².